The van der Waals surface area contributed by atoms with Crippen LogP contribution in [-0.4, -0.2) is 45.5 Å². The summed E-state index contributed by atoms with van der Waals surface area (Å²) in [5.74, 6) is 1.29. The summed E-state index contributed by atoms with van der Waals surface area (Å²) in [5, 5.41) is 3.99. The van der Waals surface area contributed by atoms with E-state index in [2.05, 4.69) is 36.0 Å². The number of hydrogen-bond donors (Lipinski definition) is 0. The average molecular weight is 264 g/mol. The van der Waals surface area contributed by atoms with Gasteiger partial charge in [0.2, 0.25) is 0 Å². The number of rotatable bonds is 7. The summed E-state index contributed by atoms with van der Waals surface area (Å²) in [4.78, 5) is 7.27. The van der Waals surface area contributed by atoms with Crippen molar-refractivity contribution in [2.45, 2.75) is 19.8 Å². The molecular formula is C15H24N2O2. The van der Waals surface area contributed by atoms with E-state index < -0.39 is 0 Å². The lowest BCUT2D eigenvalue weighted by atomic mass is 10.0. The number of benzene rings is 1. The first kappa shape index (κ1) is 15.5. The molecule has 106 valence electrons. The highest BCUT2D eigenvalue weighted by Crippen LogP contribution is 2.22. The molecule has 0 aliphatic carbocycles. The number of ether oxygens (including phenoxy) is 1. The van der Waals surface area contributed by atoms with Crippen molar-refractivity contribution in [2.75, 3.05) is 34.4 Å². The van der Waals surface area contributed by atoms with E-state index in [0.717, 1.165) is 17.9 Å². The predicted octanol–water partition coefficient (Wildman–Crippen LogP) is 2.73. The van der Waals surface area contributed by atoms with E-state index >= 15 is 0 Å². The molecule has 1 rings (SSSR count). The second kappa shape index (κ2) is 7.79. The Balaban J connectivity index is 2.69. The Morgan fingerprint density at radius 2 is 2.05 bits per heavy atom. The van der Waals surface area contributed by atoms with E-state index in [0.29, 0.717) is 12.5 Å². The van der Waals surface area contributed by atoms with Crippen molar-refractivity contribution in [3.8, 4) is 5.75 Å². The Bertz CT molecular complexity index is 415. The third-order valence-electron chi connectivity index (χ3n) is 2.82. The second-order valence-electron chi connectivity index (χ2n) is 5.03. The average Bonchev–Trinajstić information content (AvgIpc) is 2.37. The third-order valence-corrected chi connectivity index (χ3v) is 2.82. The third kappa shape index (κ3) is 5.30. The maximum absolute atomic E-state index is 5.32. The molecule has 0 saturated heterocycles. The van der Waals surface area contributed by atoms with E-state index in [1.165, 1.54) is 5.56 Å². The summed E-state index contributed by atoms with van der Waals surface area (Å²) in [6, 6.07) is 6.13. The summed E-state index contributed by atoms with van der Waals surface area (Å²) in [5.41, 5.74) is 2.20. The largest absolute Gasteiger partial charge is 0.496 e. The molecule has 1 aromatic carbocycles. The quantitative estimate of drug-likeness (QED) is 0.431. The fourth-order valence-electron chi connectivity index (χ4n) is 1.58. The Kier molecular flexibility index (Phi) is 6.36. The van der Waals surface area contributed by atoms with Gasteiger partial charge in [-0.3, -0.25) is 0 Å². The molecule has 1 aromatic rings. The SMILES string of the molecule is COc1ccc(C(C)C)cc1/C=N/OCCN(C)C. The smallest absolute Gasteiger partial charge is 0.129 e. The van der Waals surface area contributed by atoms with Gasteiger partial charge in [-0.05, 0) is 37.7 Å². The normalized spacial score (nSPS) is 11.5. The van der Waals surface area contributed by atoms with Crippen LogP contribution in [0.15, 0.2) is 23.4 Å². The molecule has 0 saturated carbocycles. The predicted molar refractivity (Wildman–Crippen MR) is 79.2 cm³/mol. The molecule has 4 heteroatoms. The molecule has 0 heterocycles. The molecule has 0 N–H and O–H groups in total. The van der Waals surface area contributed by atoms with Crippen molar-refractivity contribution in [2.24, 2.45) is 5.16 Å². The van der Waals surface area contributed by atoms with Crippen LogP contribution in [0.5, 0.6) is 5.75 Å². The molecule has 0 aliphatic heterocycles. The van der Waals surface area contributed by atoms with Gasteiger partial charge >= 0.3 is 0 Å². The fraction of sp³-hybridized carbons (Fsp3) is 0.533. The Labute approximate surface area is 116 Å². The molecule has 0 fully saturated rings. The minimum atomic E-state index is 0.479. The van der Waals surface area contributed by atoms with Crippen molar-refractivity contribution >= 4 is 6.21 Å². The van der Waals surface area contributed by atoms with Crippen LogP contribution < -0.4 is 4.74 Å². The molecule has 0 amide bonds. The van der Waals surface area contributed by atoms with Gasteiger partial charge < -0.3 is 14.5 Å². The Hall–Kier alpha value is -1.55. The summed E-state index contributed by atoms with van der Waals surface area (Å²) >= 11 is 0. The zero-order valence-electron chi connectivity index (χ0n) is 12.5. The van der Waals surface area contributed by atoms with Gasteiger partial charge in [0.25, 0.3) is 0 Å². The lowest BCUT2D eigenvalue weighted by Crippen LogP contribution is -2.16. The van der Waals surface area contributed by atoms with Crippen molar-refractivity contribution in [3.63, 3.8) is 0 Å². The summed E-state index contributed by atoms with van der Waals surface area (Å²) < 4.78 is 5.32. The monoisotopic (exact) mass is 264 g/mol. The first-order valence-electron chi connectivity index (χ1n) is 6.52. The van der Waals surface area contributed by atoms with Crippen molar-refractivity contribution in [3.05, 3.63) is 29.3 Å². The molecule has 0 radical (unpaired) electrons. The van der Waals surface area contributed by atoms with Gasteiger partial charge in [-0.2, -0.15) is 0 Å². The van der Waals surface area contributed by atoms with Crippen LogP contribution in [0.3, 0.4) is 0 Å². The Morgan fingerprint density at radius 3 is 2.63 bits per heavy atom. The van der Waals surface area contributed by atoms with Gasteiger partial charge in [0.1, 0.15) is 12.4 Å². The number of methoxy groups -OCH3 is 1. The van der Waals surface area contributed by atoms with Crippen LogP contribution in [-0.2, 0) is 4.84 Å². The minimum absolute atomic E-state index is 0.479. The van der Waals surface area contributed by atoms with Crippen LogP contribution in [0, 0.1) is 0 Å². The van der Waals surface area contributed by atoms with E-state index in [-0.39, 0.29) is 0 Å². The summed E-state index contributed by atoms with van der Waals surface area (Å²) in [7, 11) is 5.67. The van der Waals surface area contributed by atoms with Gasteiger partial charge in [-0.1, -0.05) is 25.1 Å². The van der Waals surface area contributed by atoms with E-state index in [9.17, 15) is 0 Å². The van der Waals surface area contributed by atoms with Crippen LogP contribution in [0.2, 0.25) is 0 Å². The zero-order valence-corrected chi connectivity index (χ0v) is 12.5. The molecule has 0 aliphatic rings. The highest BCUT2D eigenvalue weighted by molar-refractivity contribution is 5.83. The standard InChI is InChI=1S/C15H24N2O2/c1-12(2)13-6-7-15(18-5)14(10-13)11-16-19-9-8-17(3)4/h6-7,10-12H,8-9H2,1-5H3/b16-11+. The number of nitrogens with zero attached hydrogens (tertiary/aromatic N) is 2. The van der Waals surface area contributed by atoms with Gasteiger partial charge in [-0.25, -0.2) is 0 Å². The lowest BCUT2D eigenvalue weighted by Gasteiger charge is -2.10. The lowest BCUT2D eigenvalue weighted by molar-refractivity contribution is 0.127. The summed E-state index contributed by atoms with van der Waals surface area (Å²) in [6.07, 6.45) is 1.71. The maximum Gasteiger partial charge on any atom is 0.129 e. The molecule has 0 bridgehead atoms. The molecule has 4 nitrogen and oxygen atoms in total. The second-order valence-corrected chi connectivity index (χ2v) is 5.03. The highest BCUT2D eigenvalue weighted by Gasteiger charge is 2.05. The molecule has 19 heavy (non-hydrogen) atoms. The van der Waals surface area contributed by atoms with Gasteiger partial charge in [0.05, 0.1) is 13.3 Å². The number of hydrogen-bond acceptors (Lipinski definition) is 4. The van der Waals surface area contributed by atoms with Crippen LogP contribution in [0.25, 0.3) is 0 Å². The van der Waals surface area contributed by atoms with Crippen molar-refractivity contribution in [1.82, 2.24) is 4.90 Å². The molecule has 0 aromatic heterocycles. The number of likely N-dealkylation sites (N-methyl/N-ethyl adjacent to an activating group) is 1. The van der Waals surface area contributed by atoms with E-state index in [1.54, 1.807) is 13.3 Å². The molecule has 0 atom stereocenters. The molecule has 0 spiro atoms. The highest BCUT2D eigenvalue weighted by atomic mass is 16.6. The number of oxime groups is 1. The first-order chi connectivity index (χ1) is 9.04. The summed E-state index contributed by atoms with van der Waals surface area (Å²) in [6.45, 7) is 5.75. The van der Waals surface area contributed by atoms with Crippen LogP contribution >= 0.6 is 0 Å². The van der Waals surface area contributed by atoms with E-state index in [4.69, 9.17) is 9.57 Å². The zero-order chi connectivity index (χ0) is 14.3. The topological polar surface area (TPSA) is 34.1 Å². The van der Waals surface area contributed by atoms with Gasteiger partial charge in [0, 0.05) is 12.1 Å². The van der Waals surface area contributed by atoms with Gasteiger partial charge in [-0.15, -0.1) is 0 Å². The fourth-order valence-corrected chi connectivity index (χ4v) is 1.58. The van der Waals surface area contributed by atoms with Crippen LogP contribution in [0.4, 0.5) is 0 Å². The maximum atomic E-state index is 5.32. The molecular weight excluding hydrogens is 240 g/mol. The van der Waals surface area contributed by atoms with Crippen LogP contribution in [0.1, 0.15) is 30.9 Å². The minimum Gasteiger partial charge on any atom is -0.496 e. The molecule has 0 unspecified atom stereocenters. The Morgan fingerprint density at radius 1 is 1.32 bits per heavy atom. The van der Waals surface area contributed by atoms with E-state index in [1.807, 2.05) is 20.2 Å². The first-order valence-corrected chi connectivity index (χ1v) is 6.52. The van der Waals surface area contributed by atoms with Crippen molar-refractivity contribution in [1.29, 1.82) is 0 Å². The van der Waals surface area contributed by atoms with Gasteiger partial charge in [0.15, 0.2) is 0 Å². The van der Waals surface area contributed by atoms with Crippen molar-refractivity contribution < 1.29 is 9.57 Å².